The summed E-state index contributed by atoms with van der Waals surface area (Å²) in [6.45, 7) is 4.36. The molecule has 2 nitrogen and oxygen atoms in total. The first-order valence-electron chi connectivity index (χ1n) is 5.19. The predicted molar refractivity (Wildman–Crippen MR) is 63.8 cm³/mol. The van der Waals surface area contributed by atoms with Crippen LogP contribution in [-0.2, 0) is 6.42 Å². The summed E-state index contributed by atoms with van der Waals surface area (Å²) in [5.74, 6) is 0.539. The molecule has 2 rings (SSSR count). The van der Waals surface area contributed by atoms with Crippen molar-refractivity contribution in [3.63, 3.8) is 0 Å². The van der Waals surface area contributed by atoms with E-state index in [9.17, 15) is 0 Å². The van der Waals surface area contributed by atoms with E-state index in [0.29, 0.717) is 12.3 Å². The van der Waals surface area contributed by atoms with E-state index < -0.39 is 0 Å². The monoisotopic (exact) mass is 200 g/mol. The molecule has 1 heterocycles. The van der Waals surface area contributed by atoms with E-state index in [1.165, 1.54) is 10.9 Å². The summed E-state index contributed by atoms with van der Waals surface area (Å²) in [6, 6.07) is 8.59. The highest BCUT2D eigenvalue weighted by atomic mass is 14.7. The first kappa shape index (κ1) is 9.79. The van der Waals surface area contributed by atoms with Crippen LogP contribution in [0.3, 0.4) is 0 Å². The van der Waals surface area contributed by atoms with Crippen molar-refractivity contribution in [2.75, 3.05) is 0 Å². The smallest absolute Gasteiger partial charge is 0.0670 e. The Morgan fingerprint density at radius 1 is 1.47 bits per heavy atom. The van der Waals surface area contributed by atoms with E-state index in [1.54, 1.807) is 0 Å². The molecule has 0 unspecified atom stereocenters. The van der Waals surface area contributed by atoms with Gasteiger partial charge in [0.1, 0.15) is 0 Å². The van der Waals surface area contributed by atoms with Crippen LogP contribution in [0.5, 0.6) is 0 Å². The van der Waals surface area contributed by atoms with Crippen LogP contribution >= 0.6 is 0 Å². The summed E-state index contributed by atoms with van der Waals surface area (Å²) in [5.41, 5.74) is 3.54. The van der Waals surface area contributed by atoms with Crippen molar-refractivity contribution < 1.29 is 1.43 Å². The molecule has 0 atom stereocenters. The van der Waals surface area contributed by atoms with Gasteiger partial charge in [-0.05, 0) is 23.1 Å². The third kappa shape index (κ3) is 1.73. The largest absolute Gasteiger partial charge is 0.361 e. The lowest BCUT2D eigenvalue weighted by Gasteiger charge is -2.04. The van der Waals surface area contributed by atoms with Crippen molar-refractivity contribution >= 4 is 10.9 Å². The maximum Gasteiger partial charge on any atom is 0.0670 e. The van der Waals surface area contributed by atoms with E-state index in [-0.39, 0.29) is 1.43 Å². The van der Waals surface area contributed by atoms with Gasteiger partial charge in [0.05, 0.1) is 12.5 Å². The molecule has 0 amide bonds. The fourth-order valence-electron chi connectivity index (χ4n) is 1.79. The van der Waals surface area contributed by atoms with Crippen LogP contribution < -0.4 is 0 Å². The summed E-state index contributed by atoms with van der Waals surface area (Å²) in [6.07, 6.45) is 2.40. The molecule has 78 valence electrons. The number of nitrogens with one attached hydrogen (secondary N) is 1. The van der Waals surface area contributed by atoms with Crippen LogP contribution in [0.15, 0.2) is 24.4 Å². The Morgan fingerprint density at radius 3 is 2.93 bits per heavy atom. The Bertz CT molecular complexity index is 520. The van der Waals surface area contributed by atoms with Crippen LogP contribution in [0.2, 0.25) is 0 Å². The molecule has 0 aliphatic carbocycles. The van der Waals surface area contributed by atoms with E-state index in [4.69, 9.17) is 5.26 Å². The zero-order chi connectivity index (χ0) is 10.8. The van der Waals surface area contributed by atoms with Gasteiger partial charge in [-0.3, -0.25) is 0 Å². The second-order valence-electron chi connectivity index (χ2n) is 4.11. The number of rotatable bonds is 2. The first-order valence-corrected chi connectivity index (χ1v) is 5.19. The highest BCUT2D eigenvalue weighted by molar-refractivity contribution is 5.84. The maximum absolute atomic E-state index is 8.68. The topological polar surface area (TPSA) is 39.6 Å². The molecule has 0 saturated heterocycles. The van der Waals surface area contributed by atoms with Crippen LogP contribution in [0.1, 0.15) is 32.3 Å². The molecule has 1 N–H and O–H groups in total. The minimum Gasteiger partial charge on any atom is -0.361 e. The quantitative estimate of drug-likeness (QED) is 0.790. The molecule has 1 aromatic carbocycles. The number of fused-ring (bicyclic) bond motifs is 1. The Labute approximate surface area is 91.0 Å². The zero-order valence-electron chi connectivity index (χ0n) is 9.04. The standard InChI is InChI=1S/C13H14N2.H2/c1-9(2)10-3-4-12-11(5-6-14)8-15-13(12)7-10;/h3-4,7-9,15H,5H2,1-2H3;1H. The Morgan fingerprint density at radius 2 is 2.27 bits per heavy atom. The number of aromatic amines is 1. The lowest BCUT2D eigenvalue weighted by molar-refractivity contribution is 0.868. The van der Waals surface area contributed by atoms with Crippen LogP contribution in [0.25, 0.3) is 10.9 Å². The Balaban J connectivity index is 0.00000128. The fourth-order valence-corrected chi connectivity index (χ4v) is 1.79. The molecule has 0 aliphatic heterocycles. The third-order valence-corrected chi connectivity index (χ3v) is 2.73. The molecule has 0 radical (unpaired) electrons. The van der Waals surface area contributed by atoms with Crippen molar-refractivity contribution in [3.8, 4) is 6.07 Å². The highest BCUT2D eigenvalue weighted by Crippen LogP contribution is 2.23. The van der Waals surface area contributed by atoms with Crippen molar-refractivity contribution in [3.05, 3.63) is 35.5 Å². The molecule has 1 aromatic heterocycles. The van der Waals surface area contributed by atoms with Gasteiger partial charge in [-0.15, -0.1) is 0 Å². The molecule has 0 spiro atoms. The highest BCUT2D eigenvalue weighted by Gasteiger charge is 2.05. The molecule has 0 aliphatic rings. The van der Waals surface area contributed by atoms with Gasteiger partial charge in [0.2, 0.25) is 0 Å². The van der Waals surface area contributed by atoms with E-state index >= 15 is 0 Å². The Hall–Kier alpha value is -1.75. The Kier molecular flexibility index (Phi) is 2.47. The lowest BCUT2D eigenvalue weighted by Crippen LogP contribution is -1.86. The molecule has 15 heavy (non-hydrogen) atoms. The van der Waals surface area contributed by atoms with Gasteiger partial charge in [-0.25, -0.2) is 0 Å². The minimum absolute atomic E-state index is 0. The molecule has 0 bridgehead atoms. The van der Waals surface area contributed by atoms with Gasteiger partial charge < -0.3 is 4.98 Å². The van der Waals surface area contributed by atoms with Crippen molar-refractivity contribution in [1.82, 2.24) is 4.98 Å². The molecular formula is C13H16N2. The molecule has 2 heteroatoms. The molecule has 0 saturated carbocycles. The number of H-pyrrole nitrogens is 1. The summed E-state index contributed by atoms with van der Waals surface area (Å²) < 4.78 is 0. The molecular weight excluding hydrogens is 184 g/mol. The first-order chi connectivity index (χ1) is 7.22. The van der Waals surface area contributed by atoms with Crippen LogP contribution in [-0.4, -0.2) is 4.98 Å². The van der Waals surface area contributed by atoms with Gasteiger partial charge in [-0.2, -0.15) is 5.26 Å². The van der Waals surface area contributed by atoms with E-state index in [0.717, 1.165) is 11.1 Å². The molecule has 2 aromatic rings. The number of aromatic nitrogens is 1. The molecule has 0 fully saturated rings. The van der Waals surface area contributed by atoms with E-state index in [1.807, 2.05) is 6.20 Å². The van der Waals surface area contributed by atoms with Gasteiger partial charge in [0, 0.05) is 18.5 Å². The average Bonchev–Trinajstić information content (AvgIpc) is 2.61. The summed E-state index contributed by atoms with van der Waals surface area (Å²) in [4.78, 5) is 3.22. The van der Waals surface area contributed by atoms with Crippen LogP contribution in [0, 0.1) is 11.3 Å². The average molecular weight is 200 g/mol. The van der Waals surface area contributed by atoms with Crippen molar-refractivity contribution in [2.24, 2.45) is 0 Å². The number of hydrogen-bond acceptors (Lipinski definition) is 1. The van der Waals surface area contributed by atoms with Gasteiger partial charge in [-0.1, -0.05) is 26.0 Å². The maximum atomic E-state index is 8.68. The number of nitrogens with zero attached hydrogens (tertiary/aromatic N) is 1. The SMILES string of the molecule is CC(C)c1ccc2c(CC#N)c[nH]c2c1.[HH]. The number of benzene rings is 1. The van der Waals surface area contributed by atoms with Crippen molar-refractivity contribution in [2.45, 2.75) is 26.2 Å². The summed E-state index contributed by atoms with van der Waals surface area (Å²) in [5, 5.41) is 9.84. The number of nitriles is 1. The van der Waals surface area contributed by atoms with Gasteiger partial charge >= 0.3 is 0 Å². The minimum atomic E-state index is 0. The third-order valence-electron chi connectivity index (χ3n) is 2.73. The van der Waals surface area contributed by atoms with E-state index in [2.05, 4.69) is 43.1 Å². The summed E-state index contributed by atoms with van der Waals surface area (Å²) >= 11 is 0. The normalized spacial score (nSPS) is 10.8. The zero-order valence-corrected chi connectivity index (χ0v) is 9.04. The fraction of sp³-hybridized carbons (Fsp3) is 0.308. The lowest BCUT2D eigenvalue weighted by atomic mass is 10.0. The summed E-state index contributed by atoms with van der Waals surface area (Å²) in [7, 11) is 0. The second kappa shape index (κ2) is 3.78. The van der Waals surface area contributed by atoms with Crippen molar-refractivity contribution in [1.29, 1.82) is 5.26 Å². The van der Waals surface area contributed by atoms with Crippen LogP contribution in [0.4, 0.5) is 0 Å². The van der Waals surface area contributed by atoms with Gasteiger partial charge in [0.15, 0.2) is 0 Å². The number of hydrogen-bond donors (Lipinski definition) is 1. The predicted octanol–water partition coefficient (Wildman–Crippen LogP) is 3.60. The van der Waals surface area contributed by atoms with Gasteiger partial charge in [0.25, 0.3) is 0 Å². The second-order valence-corrected chi connectivity index (χ2v) is 4.11.